The lowest BCUT2D eigenvalue weighted by Crippen LogP contribution is -2.51. The van der Waals surface area contributed by atoms with Crippen molar-refractivity contribution in [2.75, 3.05) is 13.2 Å². The SMILES string of the molecule is O=C(NC1CCCC1)N(CCCO)C1CCC1. The van der Waals surface area contributed by atoms with Crippen molar-refractivity contribution in [1.82, 2.24) is 10.2 Å². The number of aliphatic hydroxyl groups excluding tert-OH is 1. The highest BCUT2D eigenvalue weighted by molar-refractivity contribution is 5.75. The van der Waals surface area contributed by atoms with Crippen LogP contribution in [0.25, 0.3) is 0 Å². The molecule has 2 rings (SSSR count). The Bertz CT molecular complexity index is 248. The summed E-state index contributed by atoms with van der Waals surface area (Å²) in [6.45, 7) is 0.861. The van der Waals surface area contributed by atoms with Crippen molar-refractivity contribution in [3.63, 3.8) is 0 Å². The van der Waals surface area contributed by atoms with E-state index in [1.54, 1.807) is 0 Å². The minimum Gasteiger partial charge on any atom is -0.396 e. The highest BCUT2D eigenvalue weighted by atomic mass is 16.3. The molecular formula is C13H24N2O2. The van der Waals surface area contributed by atoms with E-state index in [0.717, 1.165) is 25.7 Å². The third-order valence-corrected chi connectivity index (χ3v) is 4.02. The number of carbonyl (C=O) groups excluding carboxylic acids is 1. The highest BCUT2D eigenvalue weighted by Gasteiger charge is 2.29. The van der Waals surface area contributed by atoms with Gasteiger partial charge in [-0.05, 0) is 38.5 Å². The van der Waals surface area contributed by atoms with Gasteiger partial charge in [0, 0.05) is 25.2 Å². The maximum absolute atomic E-state index is 12.2. The maximum atomic E-state index is 12.2. The quantitative estimate of drug-likeness (QED) is 0.771. The van der Waals surface area contributed by atoms with Gasteiger partial charge in [-0.15, -0.1) is 0 Å². The molecule has 0 radical (unpaired) electrons. The molecule has 0 heterocycles. The van der Waals surface area contributed by atoms with Gasteiger partial charge >= 0.3 is 6.03 Å². The molecule has 0 saturated heterocycles. The smallest absolute Gasteiger partial charge is 0.317 e. The summed E-state index contributed by atoms with van der Waals surface area (Å²) in [6, 6.07) is 0.900. The molecule has 98 valence electrons. The van der Waals surface area contributed by atoms with Crippen molar-refractivity contribution in [1.29, 1.82) is 0 Å². The monoisotopic (exact) mass is 240 g/mol. The number of nitrogens with zero attached hydrogens (tertiary/aromatic N) is 1. The van der Waals surface area contributed by atoms with E-state index in [0.29, 0.717) is 25.0 Å². The average molecular weight is 240 g/mol. The fourth-order valence-electron chi connectivity index (χ4n) is 2.72. The van der Waals surface area contributed by atoms with Gasteiger partial charge in [0.2, 0.25) is 0 Å². The molecule has 4 nitrogen and oxygen atoms in total. The van der Waals surface area contributed by atoms with Crippen LogP contribution in [0, 0.1) is 0 Å². The van der Waals surface area contributed by atoms with Gasteiger partial charge in [0.05, 0.1) is 0 Å². The Labute approximate surface area is 103 Å². The molecule has 0 spiro atoms. The number of carbonyl (C=O) groups is 1. The van der Waals surface area contributed by atoms with Gasteiger partial charge in [-0.2, -0.15) is 0 Å². The van der Waals surface area contributed by atoms with Crippen LogP contribution in [-0.4, -0.2) is 41.3 Å². The first-order valence-corrected chi connectivity index (χ1v) is 6.99. The van der Waals surface area contributed by atoms with Crippen LogP contribution >= 0.6 is 0 Å². The second-order valence-corrected chi connectivity index (χ2v) is 5.29. The van der Waals surface area contributed by atoms with Crippen molar-refractivity contribution >= 4 is 6.03 Å². The van der Waals surface area contributed by atoms with Gasteiger partial charge in [-0.3, -0.25) is 0 Å². The van der Waals surface area contributed by atoms with E-state index < -0.39 is 0 Å². The zero-order valence-electron chi connectivity index (χ0n) is 10.5. The second-order valence-electron chi connectivity index (χ2n) is 5.29. The number of rotatable bonds is 5. The second kappa shape index (κ2) is 6.24. The minimum atomic E-state index is 0.0926. The lowest BCUT2D eigenvalue weighted by Gasteiger charge is -2.38. The Morgan fingerprint density at radius 3 is 2.41 bits per heavy atom. The summed E-state index contributed by atoms with van der Waals surface area (Å²) < 4.78 is 0. The first-order valence-electron chi connectivity index (χ1n) is 6.99. The molecular weight excluding hydrogens is 216 g/mol. The van der Waals surface area contributed by atoms with Gasteiger partial charge in [-0.1, -0.05) is 12.8 Å². The lowest BCUT2D eigenvalue weighted by molar-refractivity contribution is 0.128. The van der Waals surface area contributed by atoms with Gasteiger partial charge < -0.3 is 15.3 Å². The Balaban J connectivity index is 1.82. The van der Waals surface area contributed by atoms with Crippen molar-refractivity contribution in [3.05, 3.63) is 0 Å². The van der Waals surface area contributed by atoms with Gasteiger partial charge in [-0.25, -0.2) is 4.79 Å². The van der Waals surface area contributed by atoms with Gasteiger partial charge in [0.25, 0.3) is 0 Å². The standard InChI is InChI=1S/C13H24N2O2/c16-10-4-9-15(12-7-3-8-12)13(17)14-11-5-1-2-6-11/h11-12,16H,1-10H2,(H,14,17). The zero-order chi connectivity index (χ0) is 12.1. The first-order chi connectivity index (χ1) is 8.31. The topological polar surface area (TPSA) is 52.6 Å². The molecule has 0 bridgehead atoms. The van der Waals surface area contributed by atoms with E-state index in [9.17, 15) is 4.79 Å². The summed E-state index contributed by atoms with van der Waals surface area (Å²) >= 11 is 0. The largest absolute Gasteiger partial charge is 0.396 e. The molecule has 0 atom stereocenters. The fourth-order valence-corrected chi connectivity index (χ4v) is 2.72. The molecule has 2 aliphatic carbocycles. The molecule has 0 aromatic carbocycles. The summed E-state index contributed by atoms with van der Waals surface area (Å²) in [7, 11) is 0. The van der Waals surface area contributed by atoms with E-state index >= 15 is 0 Å². The Hall–Kier alpha value is -0.770. The number of aliphatic hydroxyl groups is 1. The van der Waals surface area contributed by atoms with E-state index in [1.807, 2.05) is 4.90 Å². The predicted octanol–water partition coefficient (Wildman–Crippen LogP) is 1.88. The minimum absolute atomic E-state index is 0.0926. The Morgan fingerprint density at radius 1 is 1.18 bits per heavy atom. The van der Waals surface area contributed by atoms with E-state index in [1.165, 1.54) is 19.3 Å². The summed E-state index contributed by atoms with van der Waals surface area (Å²) in [5.74, 6) is 0. The van der Waals surface area contributed by atoms with Crippen LogP contribution in [0.1, 0.15) is 51.4 Å². The molecule has 2 aliphatic rings. The fraction of sp³-hybridized carbons (Fsp3) is 0.923. The molecule has 2 amide bonds. The molecule has 0 aromatic heterocycles. The van der Waals surface area contributed by atoms with Crippen LogP contribution < -0.4 is 5.32 Å². The molecule has 0 aliphatic heterocycles. The molecule has 0 aromatic rings. The van der Waals surface area contributed by atoms with Crippen LogP contribution in [-0.2, 0) is 0 Å². The normalized spacial score (nSPS) is 21.2. The van der Waals surface area contributed by atoms with Crippen molar-refractivity contribution in [2.45, 2.75) is 63.5 Å². The summed E-state index contributed by atoms with van der Waals surface area (Å²) in [6.07, 6.45) is 8.92. The van der Waals surface area contributed by atoms with Crippen LogP contribution in [0.3, 0.4) is 0 Å². The van der Waals surface area contributed by atoms with Crippen LogP contribution in [0.4, 0.5) is 4.79 Å². The lowest BCUT2D eigenvalue weighted by atomic mass is 9.91. The molecule has 2 fully saturated rings. The maximum Gasteiger partial charge on any atom is 0.317 e. The first kappa shape index (κ1) is 12.7. The predicted molar refractivity (Wildman–Crippen MR) is 66.8 cm³/mol. The third-order valence-electron chi connectivity index (χ3n) is 4.02. The molecule has 17 heavy (non-hydrogen) atoms. The summed E-state index contributed by atoms with van der Waals surface area (Å²) in [4.78, 5) is 14.1. The third kappa shape index (κ3) is 3.35. The average Bonchev–Trinajstić information content (AvgIpc) is 2.73. The van der Waals surface area contributed by atoms with Crippen molar-refractivity contribution in [3.8, 4) is 0 Å². The van der Waals surface area contributed by atoms with Gasteiger partial charge in [0.15, 0.2) is 0 Å². The van der Waals surface area contributed by atoms with Crippen LogP contribution in [0.15, 0.2) is 0 Å². The summed E-state index contributed by atoms with van der Waals surface area (Å²) in [5.41, 5.74) is 0. The Kier molecular flexibility index (Phi) is 4.66. The number of urea groups is 1. The molecule has 2 saturated carbocycles. The molecule has 4 heteroatoms. The van der Waals surface area contributed by atoms with E-state index in [2.05, 4.69) is 5.32 Å². The van der Waals surface area contributed by atoms with Crippen molar-refractivity contribution in [2.24, 2.45) is 0 Å². The molecule has 0 unspecified atom stereocenters. The molecule has 2 N–H and O–H groups in total. The van der Waals surface area contributed by atoms with Gasteiger partial charge in [0.1, 0.15) is 0 Å². The van der Waals surface area contributed by atoms with Crippen molar-refractivity contribution < 1.29 is 9.90 Å². The summed E-state index contributed by atoms with van der Waals surface area (Å²) in [5, 5.41) is 12.0. The number of hydrogen-bond acceptors (Lipinski definition) is 2. The van der Waals surface area contributed by atoms with E-state index in [-0.39, 0.29) is 12.6 Å². The highest BCUT2D eigenvalue weighted by Crippen LogP contribution is 2.25. The van der Waals surface area contributed by atoms with Crippen LogP contribution in [0.5, 0.6) is 0 Å². The number of hydrogen-bond donors (Lipinski definition) is 2. The zero-order valence-corrected chi connectivity index (χ0v) is 10.5. The number of nitrogens with one attached hydrogen (secondary N) is 1. The Morgan fingerprint density at radius 2 is 1.88 bits per heavy atom. The van der Waals surface area contributed by atoms with E-state index in [4.69, 9.17) is 5.11 Å². The van der Waals surface area contributed by atoms with Crippen LogP contribution in [0.2, 0.25) is 0 Å². The number of amides is 2.